The van der Waals surface area contributed by atoms with Crippen molar-refractivity contribution in [3.8, 4) is 17.3 Å². The van der Waals surface area contributed by atoms with Crippen molar-refractivity contribution in [3.05, 3.63) is 48.3 Å². The van der Waals surface area contributed by atoms with Gasteiger partial charge in [-0.2, -0.15) is 10.4 Å². The maximum Gasteiger partial charge on any atom is 0.232 e. The van der Waals surface area contributed by atoms with Gasteiger partial charge in [-0.15, -0.1) is 0 Å². The zero-order chi connectivity index (χ0) is 17.2. The van der Waals surface area contributed by atoms with E-state index in [4.69, 9.17) is 5.26 Å². The van der Waals surface area contributed by atoms with Crippen LogP contribution in [0, 0.1) is 11.3 Å². The Morgan fingerprint density at radius 1 is 1.33 bits per heavy atom. The van der Waals surface area contributed by atoms with Crippen LogP contribution in [0.3, 0.4) is 0 Å². The normalized spacial score (nSPS) is 11.3. The molecule has 0 amide bonds. The summed E-state index contributed by atoms with van der Waals surface area (Å²) in [4.78, 5) is 4.17. The standard InChI is InChI=1S/C16H15N5O2S/c1-2-8-24(22,23)20-14-5-3-4-12(9-14)15-6-7-18-16-13(10-17)11-19-21(15)16/h3-7,9,11,20H,2,8H2,1H3. The molecule has 0 aliphatic carbocycles. The zero-order valence-electron chi connectivity index (χ0n) is 13.0. The lowest BCUT2D eigenvalue weighted by Gasteiger charge is -2.09. The van der Waals surface area contributed by atoms with E-state index in [1.54, 1.807) is 35.0 Å². The molecule has 3 aromatic rings. The van der Waals surface area contributed by atoms with E-state index in [-0.39, 0.29) is 5.75 Å². The van der Waals surface area contributed by atoms with Gasteiger partial charge in [-0.25, -0.2) is 17.9 Å². The third-order valence-corrected chi connectivity index (χ3v) is 4.92. The summed E-state index contributed by atoms with van der Waals surface area (Å²) >= 11 is 0. The molecule has 0 bridgehead atoms. The summed E-state index contributed by atoms with van der Waals surface area (Å²) in [5, 5.41) is 13.3. The number of nitriles is 1. The molecule has 0 fully saturated rings. The second-order valence-electron chi connectivity index (χ2n) is 5.24. The number of nitrogens with zero attached hydrogens (tertiary/aromatic N) is 4. The Hall–Kier alpha value is -2.92. The first kappa shape index (κ1) is 16.0. The summed E-state index contributed by atoms with van der Waals surface area (Å²) in [7, 11) is -3.35. The number of sulfonamides is 1. The Balaban J connectivity index is 2.04. The van der Waals surface area contributed by atoms with E-state index >= 15 is 0 Å². The second-order valence-corrected chi connectivity index (χ2v) is 7.08. The Morgan fingerprint density at radius 3 is 2.92 bits per heavy atom. The maximum atomic E-state index is 11.9. The predicted octanol–water partition coefficient (Wildman–Crippen LogP) is 2.42. The first-order chi connectivity index (χ1) is 11.5. The average Bonchev–Trinajstić information content (AvgIpc) is 2.97. The SMILES string of the molecule is CCCS(=O)(=O)Nc1cccc(-c2ccnc3c(C#N)cnn23)c1. The third-order valence-electron chi connectivity index (χ3n) is 3.43. The van der Waals surface area contributed by atoms with Gasteiger partial charge in [0.25, 0.3) is 0 Å². The van der Waals surface area contributed by atoms with Crippen LogP contribution >= 0.6 is 0 Å². The van der Waals surface area contributed by atoms with Gasteiger partial charge in [-0.1, -0.05) is 19.1 Å². The first-order valence-electron chi connectivity index (χ1n) is 7.38. The van der Waals surface area contributed by atoms with Crippen molar-refractivity contribution >= 4 is 21.4 Å². The van der Waals surface area contributed by atoms with E-state index in [2.05, 4.69) is 14.8 Å². The van der Waals surface area contributed by atoms with Crippen molar-refractivity contribution in [1.82, 2.24) is 14.6 Å². The Bertz CT molecular complexity index is 1030. The van der Waals surface area contributed by atoms with Crippen molar-refractivity contribution in [2.24, 2.45) is 0 Å². The Labute approximate surface area is 139 Å². The van der Waals surface area contributed by atoms with Gasteiger partial charge in [0.1, 0.15) is 11.6 Å². The molecule has 1 N–H and O–H groups in total. The van der Waals surface area contributed by atoms with Gasteiger partial charge in [0.15, 0.2) is 5.65 Å². The van der Waals surface area contributed by atoms with E-state index in [0.717, 1.165) is 11.3 Å². The van der Waals surface area contributed by atoms with Crippen LogP contribution in [-0.4, -0.2) is 28.8 Å². The lowest BCUT2D eigenvalue weighted by atomic mass is 10.1. The molecule has 0 saturated carbocycles. The van der Waals surface area contributed by atoms with Crippen LogP contribution in [0.5, 0.6) is 0 Å². The monoisotopic (exact) mass is 341 g/mol. The highest BCUT2D eigenvalue weighted by Crippen LogP contribution is 2.24. The molecular formula is C16H15N5O2S. The largest absolute Gasteiger partial charge is 0.284 e. The molecule has 2 aromatic heterocycles. The minimum absolute atomic E-state index is 0.0708. The molecule has 0 saturated heterocycles. The number of rotatable bonds is 5. The van der Waals surface area contributed by atoms with Crippen LogP contribution in [0.15, 0.2) is 42.7 Å². The number of anilines is 1. The van der Waals surface area contributed by atoms with Gasteiger partial charge in [-0.05, 0) is 24.6 Å². The van der Waals surface area contributed by atoms with E-state index in [1.165, 1.54) is 6.20 Å². The van der Waals surface area contributed by atoms with Crippen LogP contribution in [0.2, 0.25) is 0 Å². The summed E-state index contributed by atoms with van der Waals surface area (Å²) < 4.78 is 28.0. The molecular weight excluding hydrogens is 326 g/mol. The molecule has 122 valence electrons. The fraction of sp³-hybridized carbons (Fsp3) is 0.188. The Morgan fingerprint density at radius 2 is 2.17 bits per heavy atom. The molecule has 24 heavy (non-hydrogen) atoms. The number of aromatic nitrogens is 3. The maximum absolute atomic E-state index is 11.9. The topological polar surface area (TPSA) is 100 Å². The number of hydrogen-bond donors (Lipinski definition) is 1. The minimum Gasteiger partial charge on any atom is -0.284 e. The van der Waals surface area contributed by atoms with Crippen molar-refractivity contribution < 1.29 is 8.42 Å². The first-order valence-corrected chi connectivity index (χ1v) is 9.03. The van der Waals surface area contributed by atoms with Gasteiger partial charge in [0.2, 0.25) is 10.0 Å². The van der Waals surface area contributed by atoms with Gasteiger partial charge >= 0.3 is 0 Å². The number of fused-ring (bicyclic) bond motifs is 1. The molecule has 7 nitrogen and oxygen atoms in total. The van der Waals surface area contributed by atoms with E-state index in [1.807, 2.05) is 19.1 Å². The summed E-state index contributed by atoms with van der Waals surface area (Å²) in [5.74, 6) is 0.0708. The van der Waals surface area contributed by atoms with Gasteiger partial charge < -0.3 is 0 Å². The molecule has 1 aromatic carbocycles. The molecule has 0 aliphatic rings. The predicted molar refractivity (Wildman–Crippen MR) is 90.8 cm³/mol. The van der Waals surface area contributed by atoms with Gasteiger partial charge in [-0.3, -0.25) is 4.72 Å². The lowest BCUT2D eigenvalue weighted by Crippen LogP contribution is -2.16. The third kappa shape index (κ3) is 3.07. The van der Waals surface area contributed by atoms with Crippen LogP contribution in [-0.2, 0) is 10.0 Å². The molecule has 0 unspecified atom stereocenters. The lowest BCUT2D eigenvalue weighted by molar-refractivity contribution is 0.600. The highest BCUT2D eigenvalue weighted by atomic mass is 32.2. The zero-order valence-corrected chi connectivity index (χ0v) is 13.8. The van der Waals surface area contributed by atoms with Crippen molar-refractivity contribution in [2.75, 3.05) is 10.5 Å². The summed E-state index contributed by atoms with van der Waals surface area (Å²) in [5.41, 5.74) is 2.83. The van der Waals surface area contributed by atoms with E-state index in [9.17, 15) is 8.42 Å². The molecule has 0 aliphatic heterocycles. The van der Waals surface area contributed by atoms with Crippen molar-refractivity contribution in [1.29, 1.82) is 5.26 Å². The number of hydrogen-bond acceptors (Lipinski definition) is 5. The van der Waals surface area contributed by atoms with Crippen LogP contribution in [0.1, 0.15) is 18.9 Å². The van der Waals surface area contributed by atoms with Gasteiger partial charge in [0, 0.05) is 17.4 Å². The molecule has 0 atom stereocenters. The smallest absolute Gasteiger partial charge is 0.232 e. The van der Waals surface area contributed by atoms with Crippen molar-refractivity contribution in [2.45, 2.75) is 13.3 Å². The second kappa shape index (κ2) is 6.29. The molecule has 0 spiro atoms. The highest BCUT2D eigenvalue weighted by Gasteiger charge is 2.12. The highest BCUT2D eigenvalue weighted by molar-refractivity contribution is 7.92. The molecule has 0 radical (unpaired) electrons. The molecule has 2 heterocycles. The number of nitrogens with one attached hydrogen (secondary N) is 1. The van der Waals surface area contributed by atoms with Gasteiger partial charge in [0.05, 0.1) is 17.6 Å². The minimum atomic E-state index is -3.35. The summed E-state index contributed by atoms with van der Waals surface area (Å²) in [6, 6.07) is 10.8. The molecule has 3 rings (SSSR count). The van der Waals surface area contributed by atoms with Crippen LogP contribution < -0.4 is 4.72 Å². The van der Waals surface area contributed by atoms with E-state index in [0.29, 0.717) is 23.3 Å². The fourth-order valence-corrected chi connectivity index (χ4v) is 3.56. The van der Waals surface area contributed by atoms with Crippen molar-refractivity contribution in [3.63, 3.8) is 0 Å². The summed E-state index contributed by atoms with van der Waals surface area (Å²) in [6.45, 7) is 1.81. The van der Waals surface area contributed by atoms with E-state index < -0.39 is 10.0 Å². The van der Waals surface area contributed by atoms with Crippen LogP contribution in [0.4, 0.5) is 5.69 Å². The Kier molecular flexibility index (Phi) is 4.18. The molecule has 8 heteroatoms. The quantitative estimate of drug-likeness (QED) is 0.768. The average molecular weight is 341 g/mol. The summed E-state index contributed by atoms with van der Waals surface area (Å²) in [6.07, 6.45) is 3.60. The fourth-order valence-electron chi connectivity index (χ4n) is 2.43. The van der Waals surface area contributed by atoms with Crippen LogP contribution in [0.25, 0.3) is 16.9 Å². The number of benzene rings is 1.